The molecule has 4 rings (SSSR count). The minimum Gasteiger partial charge on any atom is -0.298 e. The molecule has 0 saturated carbocycles. The van der Waals surface area contributed by atoms with Gasteiger partial charge in [0.25, 0.3) is 11.6 Å². The molecular formula is C23H16ClN3O3S. The van der Waals surface area contributed by atoms with Crippen LogP contribution in [0, 0.1) is 17.0 Å². The van der Waals surface area contributed by atoms with Crippen LogP contribution < -0.4 is 5.32 Å². The van der Waals surface area contributed by atoms with Crippen LogP contribution in [0.5, 0.6) is 0 Å². The molecule has 8 heteroatoms. The topological polar surface area (TPSA) is 85.1 Å². The highest BCUT2D eigenvalue weighted by atomic mass is 35.5. The highest BCUT2D eigenvalue weighted by Crippen LogP contribution is 2.40. The third-order valence-electron chi connectivity index (χ3n) is 4.59. The van der Waals surface area contributed by atoms with Gasteiger partial charge >= 0.3 is 0 Å². The van der Waals surface area contributed by atoms with E-state index in [0.29, 0.717) is 27.0 Å². The maximum Gasteiger partial charge on any atom is 0.269 e. The summed E-state index contributed by atoms with van der Waals surface area (Å²) in [6.07, 6.45) is 0. The highest BCUT2D eigenvalue weighted by Gasteiger charge is 2.18. The van der Waals surface area contributed by atoms with Gasteiger partial charge in [0.05, 0.1) is 15.5 Å². The van der Waals surface area contributed by atoms with Gasteiger partial charge in [0.15, 0.2) is 5.13 Å². The Balaban J connectivity index is 1.74. The summed E-state index contributed by atoms with van der Waals surface area (Å²) in [5.41, 5.74) is 3.75. The van der Waals surface area contributed by atoms with E-state index in [1.807, 2.05) is 31.2 Å². The molecule has 0 saturated heterocycles. The van der Waals surface area contributed by atoms with Crippen molar-refractivity contribution in [3.05, 3.63) is 99.1 Å². The van der Waals surface area contributed by atoms with Gasteiger partial charge in [0.2, 0.25) is 0 Å². The van der Waals surface area contributed by atoms with E-state index in [-0.39, 0.29) is 11.6 Å². The molecule has 4 aromatic rings. The molecule has 0 aliphatic rings. The van der Waals surface area contributed by atoms with Gasteiger partial charge in [-0.1, -0.05) is 52.8 Å². The van der Waals surface area contributed by atoms with Gasteiger partial charge < -0.3 is 0 Å². The molecule has 31 heavy (non-hydrogen) atoms. The lowest BCUT2D eigenvalue weighted by atomic mass is 10.1. The molecule has 0 aliphatic carbocycles. The number of carbonyl (C=O) groups excluding carboxylic acids is 1. The Morgan fingerprint density at radius 1 is 1.03 bits per heavy atom. The number of carbonyl (C=O) groups is 1. The molecule has 0 spiro atoms. The number of non-ortho nitro benzene ring substituents is 1. The fourth-order valence-electron chi connectivity index (χ4n) is 3.06. The smallest absolute Gasteiger partial charge is 0.269 e. The van der Waals surface area contributed by atoms with Gasteiger partial charge in [-0.15, -0.1) is 0 Å². The number of hydrogen-bond acceptors (Lipinski definition) is 5. The Morgan fingerprint density at radius 3 is 2.35 bits per heavy atom. The number of hydrogen-bond donors (Lipinski definition) is 1. The lowest BCUT2D eigenvalue weighted by Gasteiger charge is -2.03. The van der Waals surface area contributed by atoms with Gasteiger partial charge in [0.1, 0.15) is 0 Å². The van der Waals surface area contributed by atoms with Crippen LogP contribution in [-0.2, 0) is 0 Å². The van der Waals surface area contributed by atoms with Gasteiger partial charge in [-0.25, -0.2) is 4.98 Å². The van der Waals surface area contributed by atoms with Crippen LogP contribution in [0.25, 0.3) is 21.7 Å². The van der Waals surface area contributed by atoms with E-state index in [0.717, 1.165) is 16.0 Å². The van der Waals surface area contributed by atoms with E-state index in [2.05, 4.69) is 10.3 Å². The first kappa shape index (κ1) is 20.7. The zero-order valence-electron chi connectivity index (χ0n) is 16.3. The van der Waals surface area contributed by atoms with E-state index in [1.54, 1.807) is 36.4 Å². The van der Waals surface area contributed by atoms with Crippen molar-refractivity contribution in [3.63, 3.8) is 0 Å². The first-order valence-corrected chi connectivity index (χ1v) is 10.5. The molecule has 1 heterocycles. The summed E-state index contributed by atoms with van der Waals surface area (Å²) >= 11 is 7.36. The lowest BCUT2D eigenvalue weighted by Crippen LogP contribution is -2.11. The summed E-state index contributed by atoms with van der Waals surface area (Å²) in [7, 11) is 0. The van der Waals surface area contributed by atoms with E-state index in [9.17, 15) is 14.9 Å². The van der Waals surface area contributed by atoms with Crippen molar-refractivity contribution in [2.45, 2.75) is 6.92 Å². The van der Waals surface area contributed by atoms with Crippen LogP contribution in [0.4, 0.5) is 10.8 Å². The summed E-state index contributed by atoms with van der Waals surface area (Å²) < 4.78 is 0. The van der Waals surface area contributed by atoms with E-state index < -0.39 is 4.92 Å². The Bertz CT molecular complexity index is 1270. The average Bonchev–Trinajstić information content (AvgIpc) is 3.18. The molecule has 1 N–H and O–H groups in total. The largest absolute Gasteiger partial charge is 0.298 e. The van der Waals surface area contributed by atoms with Crippen molar-refractivity contribution in [2.75, 3.05) is 5.32 Å². The SMILES string of the molecule is Cc1cccc(C(=O)Nc2nc(-c3ccc([N+](=O)[O-])cc3)c(-c3ccc(Cl)cc3)s2)c1. The number of nitrogens with zero attached hydrogens (tertiary/aromatic N) is 2. The van der Waals surface area contributed by atoms with Crippen molar-refractivity contribution in [1.29, 1.82) is 0 Å². The van der Waals surface area contributed by atoms with E-state index >= 15 is 0 Å². The van der Waals surface area contributed by atoms with Crippen molar-refractivity contribution in [2.24, 2.45) is 0 Å². The van der Waals surface area contributed by atoms with Crippen LogP contribution in [0.2, 0.25) is 5.02 Å². The molecule has 0 aliphatic heterocycles. The maximum atomic E-state index is 12.7. The van der Waals surface area contributed by atoms with Crippen molar-refractivity contribution in [1.82, 2.24) is 4.98 Å². The summed E-state index contributed by atoms with van der Waals surface area (Å²) in [5.74, 6) is -0.254. The zero-order valence-corrected chi connectivity index (χ0v) is 17.9. The van der Waals surface area contributed by atoms with Crippen LogP contribution in [0.15, 0.2) is 72.8 Å². The second-order valence-corrected chi connectivity index (χ2v) is 8.27. The maximum absolute atomic E-state index is 12.7. The summed E-state index contributed by atoms with van der Waals surface area (Å²) in [6, 6.07) is 20.8. The minimum absolute atomic E-state index is 0.00000353. The van der Waals surface area contributed by atoms with Crippen molar-refractivity contribution >= 4 is 39.7 Å². The lowest BCUT2D eigenvalue weighted by molar-refractivity contribution is -0.384. The number of nitro benzene ring substituents is 1. The number of benzene rings is 3. The predicted octanol–water partition coefficient (Wildman–Crippen LogP) is 6.60. The van der Waals surface area contributed by atoms with Gasteiger partial charge in [-0.3, -0.25) is 20.2 Å². The Hall–Kier alpha value is -3.55. The van der Waals surface area contributed by atoms with Crippen LogP contribution >= 0.6 is 22.9 Å². The fraction of sp³-hybridized carbons (Fsp3) is 0.0435. The number of amides is 1. The number of anilines is 1. The molecule has 1 aromatic heterocycles. The number of aryl methyl sites for hydroxylation is 1. The second kappa shape index (κ2) is 8.67. The minimum atomic E-state index is -0.446. The molecule has 0 atom stereocenters. The zero-order chi connectivity index (χ0) is 22.0. The first-order valence-electron chi connectivity index (χ1n) is 9.30. The monoisotopic (exact) mass is 449 g/mol. The standard InChI is InChI=1S/C23H16ClN3O3S/c1-14-3-2-4-17(13-14)22(28)26-23-25-20(15-7-11-19(12-8-15)27(29)30)21(31-23)16-5-9-18(24)10-6-16/h2-13H,1H3,(H,25,26,28). The van der Waals surface area contributed by atoms with Gasteiger partial charge in [-0.2, -0.15) is 0 Å². The van der Waals surface area contributed by atoms with Gasteiger partial charge in [0, 0.05) is 28.3 Å². The second-order valence-electron chi connectivity index (χ2n) is 6.83. The van der Waals surface area contributed by atoms with Crippen molar-refractivity contribution < 1.29 is 9.72 Å². The molecule has 0 radical (unpaired) electrons. The molecule has 154 valence electrons. The number of rotatable bonds is 5. The number of nitrogens with one attached hydrogen (secondary N) is 1. The van der Waals surface area contributed by atoms with Crippen LogP contribution in [0.1, 0.15) is 15.9 Å². The third kappa shape index (κ3) is 4.63. The quantitative estimate of drug-likeness (QED) is 0.274. The molecule has 6 nitrogen and oxygen atoms in total. The van der Waals surface area contributed by atoms with Gasteiger partial charge in [-0.05, 0) is 48.9 Å². The van der Waals surface area contributed by atoms with Crippen LogP contribution in [0.3, 0.4) is 0 Å². The average molecular weight is 450 g/mol. The van der Waals surface area contributed by atoms with E-state index in [4.69, 9.17) is 11.6 Å². The Labute approximate surface area is 187 Å². The molecular weight excluding hydrogens is 434 g/mol. The number of thiazole rings is 1. The molecule has 0 unspecified atom stereocenters. The normalized spacial score (nSPS) is 10.6. The fourth-order valence-corrected chi connectivity index (χ4v) is 4.18. The molecule has 1 amide bonds. The van der Waals surface area contributed by atoms with E-state index in [1.165, 1.54) is 23.5 Å². The summed E-state index contributed by atoms with van der Waals surface area (Å²) in [6.45, 7) is 1.92. The highest BCUT2D eigenvalue weighted by molar-refractivity contribution is 7.19. The first-order chi connectivity index (χ1) is 14.9. The number of aromatic nitrogens is 1. The Morgan fingerprint density at radius 2 is 1.71 bits per heavy atom. The van der Waals surface area contributed by atoms with Crippen molar-refractivity contribution in [3.8, 4) is 21.7 Å². The number of nitro groups is 1. The van der Waals surface area contributed by atoms with Crippen LogP contribution in [-0.4, -0.2) is 15.8 Å². The molecule has 3 aromatic carbocycles. The third-order valence-corrected chi connectivity index (χ3v) is 5.86. The molecule has 0 fully saturated rings. The Kier molecular flexibility index (Phi) is 5.79. The predicted molar refractivity (Wildman–Crippen MR) is 124 cm³/mol. The molecule has 0 bridgehead atoms. The number of halogens is 1. The summed E-state index contributed by atoms with van der Waals surface area (Å²) in [4.78, 5) is 28.7. The summed E-state index contributed by atoms with van der Waals surface area (Å²) in [5, 5.41) is 14.9.